The van der Waals surface area contributed by atoms with Gasteiger partial charge in [-0.25, -0.2) is 4.79 Å². The summed E-state index contributed by atoms with van der Waals surface area (Å²) in [4.78, 5) is 15.8. The number of hydrogen-bond acceptors (Lipinski definition) is 6. The normalized spacial score (nSPS) is 22.1. The van der Waals surface area contributed by atoms with Crippen LogP contribution in [0, 0.1) is 0 Å². The molecule has 7 nitrogen and oxygen atoms in total. The highest BCUT2D eigenvalue weighted by molar-refractivity contribution is 5.69. The van der Waals surface area contributed by atoms with Crippen molar-refractivity contribution >= 4 is 6.09 Å². The number of aliphatic hydroxyl groups excluding tert-OH is 1. The van der Waals surface area contributed by atoms with E-state index >= 15 is 0 Å². The molecule has 0 aromatic heterocycles. The number of carbonyl (C=O) groups is 1. The Hall–Kier alpha value is -0.890. The van der Waals surface area contributed by atoms with Crippen molar-refractivity contribution in [3.05, 3.63) is 0 Å². The van der Waals surface area contributed by atoms with E-state index in [1.165, 1.54) is 0 Å². The second-order valence-electron chi connectivity index (χ2n) is 7.71. The van der Waals surface area contributed by atoms with E-state index in [0.717, 1.165) is 25.9 Å². The van der Waals surface area contributed by atoms with Crippen LogP contribution in [0.1, 0.15) is 33.6 Å². The van der Waals surface area contributed by atoms with Gasteiger partial charge in [-0.15, -0.1) is 0 Å². The predicted octanol–water partition coefficient (Wildman–Crippen LogP) is 0.0145. The topological polar surface area (TPSA) is 85.3 Å². The van der Waals surface area contributed by atoms with Crippen molar-refractivity contribution in [2.24, 2.45) is 0 Å². The molecule has 2 fully saturated rings. The highest BCUT2D eigenvalue weighted by Crippen LogP contribution is 2.24. The van der Waals surface area contributed by atoms with Crippen molar-refractivity contribution in [1.29, 1.82) is 0 Å². The second-order valence-corrected chi connectivity index (χ2v) is 7.71. The third-order valence-corrected chi connectivity index (χ3v) is 4.45. The lowest BCUT2D eigenvalue weighted by atomic mass is 9.90. The van der Waals surface area contributed by atoms with Crippen molar-refractivity contribution in [3.8, 4) is 0 Å². The zero-order chi connectivity index (χ0) is 17.1. The summed E-state index contributed by atoms with van der Waals surface area (Å²) in [5.74, 6) is 0. The van der Waals surface area contributed by atoms with E-state index < -0.39 is 11.2 Å². The smallest absolute Gasteiger partial charge is 0.410 e. The number of ether oxygens (including phenoxy) is 1. The van der Waals surface area contributed by atoms with Gasteiger partial charge in [-0.1, -0.05) is 0 Å². The number of aliphatic hydroxyl groups is 2. The highest BCUT2D eigenvalue weighted by Gasteiger charge is 2.40. The molecule has 1 amide bonds. The van der Waals surface area contributed by atoms with E-state index in [1.807, 2.05) is 20.8 Å². The van der Waals surface area contributed by atoms with E-state index in [9.17, 15) is 15.0 Å². The number of nitrogens with one attached hydrogen (secondary N) is 1. The van der Waals surface area contributed by atoms with Crippen molar-refractivity contribution in [3.63, 3.8) is 0 Å². The standard InChI is InChI=1S/C16H31N3O4/c1-15(2,3)23-14(21)19-10-13(11-19)18(8-9-20)12-16(22)4-6-17-7-5-16/h13,17,20,22H,4-12H2,1-3H3. The van der Waals surface area contributed by atoms with Crippen molar-refractivity contribution in [2.45, 2.75) is 50.9 Å². The lowest BCUT2D eigenvalue weighted by Gasteiger charge is -2.48. The zero-order valence-electron chi connectivity index (χ0n) is 14.5. The molecule has 3 N–H and O–H groups in total. The molecular formula is C16H31N3O4. The third-order valence-electron chi connectivity index (χ3n) is 4.45. The summed E-state index contributed by atoms with van der Waals surface area (Å²) in [6, 6.07) is 0.175. The zero-order valence-corrected chi connectivity index (χ0v) is 14.5. The predicted molar refractivity (Wildman–Crippen MR) is 87.3 cm³/mol. The second kappa shape index (κ2) is 7.34. The van der Waals surface area contributed by atoms with Crippen LogP contribution in [0.3, 0.4) is 0 Å². The van der Waals surface area contributed by atoms with Crippen LogP contribution in [0.2, 0.25) is 0 Å². The molecule has 2 rings (SSSR count). The molecule has 0 aromatic carbocycles. The molecule has 0 aliphatic carbocycles. The van der Waals surface area contributed by atoms with Crippen molar-refractivity contribution in [2.75, 3.05) is 45.9 Å². The highest BCUT2D eigenvalue weighted by atomic mass is 16.6. The lowest BCUT2D eigenvalue weighted by molar-refractivity contribution is -0.0622. The van der Waals surface area contributed by atoms with Crippen LogP contribution in [0.15, 0.2) is 0 Å². The molecular weight excluding hydrogens is 298 g/mol. The minimum absolute atomic E-state index is 0.0528. The molecule has 2 aliphatic rings. The fourth-order valence-corrected chi connectivity index (χ4v) is 3.11. The lowest BCUT2D eigenvalue weighted by Crippen LogP contribution is -2.64. The molecule has 0 bridgehead atoms. The first kappa shape index (κ1) is 18.4. The monoisotopic (exact) mass is 329 g/mol. The number of likely N-dealkylation sites (tertiary alicyclic amines) is 1. The number of hydrogen-bond donors (Lipinski definition) is 3. The van der Waals surface area contributed by atoms with Gasteiger partial charge in [0.25, 0.3) is 0 Å². The van der Waals surface area contributed by atoms with Crippen molar-refractivity contribution in [1.82, 2.24) is 15.1 Å². The fourth-order valence-electron chi connectivity index (χ4n) is 3.11. The summed E-state index contributed by atoms with van der Waals surface area (Å²) >= 11 is 0. The van der Waals surface area contributed by atoms with Crippen LogP contribution in [-0.4, -0.2) is 89.2 Å². The van der Waals surface area contributed by atoms with Gasteiger partial charge in [0, 0.05) is 32.2 Å². The number of amides is 1. The van der Waals surface area contributed by atoms with Gasteiger partial charge in [0.1, 0.15) is 5.60 Å². The van der Waals surface area contributed by atoms with Crippen LogP contribution >= 0.6 is 0 Å². The van der Waals surface area contributed by atoms with Crippen LogP contribution in [0.5, 0.6) is 0 Å². The first-order valence-electron chi connectivity index (χ1n) is 8.48. The summed E-state index contributed by atoms with van der Waals surface area (Å²) in [5.41, 5.74) is -1.19. The number of nitrogens with zero attached hydrogens (tertiary/aromatic N) is 2. The molecule has 0 saturated carbocycles. The maximum absolute atomic E-state index is 12.0. The molecule has 2 saturated heterocycles. The minimum atomic E-state index is -0.702. The van der Waals surface area contributed by atoms with E-state index in [2.05, 4.69) is 10.2 Å². The number of piperidine rings is 1. The Balaban J connectivity index is 1.85. The van der Waals surface area contributed by atoms with Gasteiger partial charge in [0.15, 0.2) is 0 Å². The Morgan fingerprint density at radius 2 is 1.96 bits per heavy atom. The van der Waals surface area contributed by atoms with E-state index in [1.54, 1.807) is 4.90 Å². The van der Waals surface area contributed by atoms with Gasteiger partial charge in [0.2, 0.25) is 0 Å². The molecule has 0 unspecified atom stereocenters. The first-order chi connectivity index (χ1) is 10.7. The molecule has 0 radical (unpaired) electrons. The van der Waals surface area contributed by atoms with Gasteiger partial charge in [-0.2, -0.15) is 0 Å². The van der Waals surface area contributed by atoms with Crippen LogP contribution < -0.4 is 5.32 Å². The Kier molecular flexibility index (Phi) is 5.89. The quantitative estimate of drug-likeness (QED) is 0.659. The Bertz CT molecular complexity index is 399. The average molecular weight is 329 g/mol. The maximum Gasteiger partial charge on any atom is 0.410 e. The largest absolute Gasteiger partial charge is 0.444 e. The molecule has 23 heavy (non-hydrogen) atoms. The SMILES string of the molecule is CC(C)(C)OC(=O)N1CC(N(CCO)CC2(O)CCNCC2)C1. The van der Waals surface area contributed by atoms with E-state index in [4.69, 9.17) is 4.74 Å². The molecule has 0 atom stereocenters. The first-order valence-corrected chi connectivity index (χ1v) is 8.48. The number of rotatable bonds is 5. The molecule has 134 valence electrons. The van der Waals surface area contributed by atoms with Gasteiger partial charge in [-0.05, 0) is 46.7 Å². The van der Waals surface area contributed by atoms with E-state index in [0.29, 0.717) is 26.2 Å². The summed E-state index contributed by atoms with van der Waals surface area (Å²) in [7, 11) is 0. The molecule has 2 heterocycles. The Labute approximate surface area is 138 Å². The number of carbonyl (C=O) groups excluding carboxylic acids is 1. The van der Waals surface area contributed by atoms with Crippen LogP contribution in [0.4, 0.5) is 4.79 Å². The maximum atomic E-state index is 12.0. The Morgan fingerprint density at radius 1 is 1.35 bits per heavy atom. The summed E-state index contributed by atoms with van der Waals surface area (Å²) < 4.78 is 5.36. The van der Waals surface area contributed by atoms with Gasteiger partial charge < -0.3 is 25.2 Å². The molecule has 0 spiro atoms. The van der Waals surface area contributed by atoms with E-state index in [-0.39, 0.29) is 18.7 Å². The van der Waals surface area contributed by atoms with Crippen molar-refractivity contribution < 1.29 is 19.7 Å². The summed E-state index contributed by atoms with van der Waals surface area (Å²) in [6.45, 7) is 9.48. The third kappa shape index (κ3) is 5.31. The fraction of sp³-hybridized carbons (Fsp3) is 0.938. The van der Waals surface area contributed by atoms with Gasteiger partial charge in [-0.3, -0.25) is 4.90 Å². The molecule has 0 aromatic rings. The van der Waals surface area contributed by atoms with Crippen LogP contribution in [-0.2, 0) is 4.74 Å². The van der Waals surface area contributed by atoms with Crippen LogP contribution in [0.25, 0.3) is 0 Å². The summed E-state index contributed by atoms with van der Waals surface area (Å²) in [5, 5.41) is 23.3. The minimum Gasteiger partial charge on any atom is -0.444 e. The Morgan fingerprint density at radius 3 is 2.48 bits per heavy atom. The summed E-state index contributed by atoms with van der Waals surface area (Å²) in [6.07, 6.45) is 1.15. The molecule has 2 aliphatic heterocycles. The van der Waals surface area contributed by atoms with Gasteiger partial charge >= 0.3 is 6.09 Å². The average Bonchev–Trinajstić information content (AvgIpc) is 2.35. The molecule has 7 heteroatoms. The van der Waals surface area contributed by atoms with Gasteiger partial charge in [0.05, 0.1) is 12.2 Å².